The number of fused-ring (bicyclic) bond motifs is 1. The van der Waals surface area contributed by atoms with Crippen molar-refractivity contribution in [1.29, 1.82) is 0 Å². The van der Waals surface area contributed by atoms with Crippen molar-refractivity contribution in [1.82, 2.24) is 14.1 Å². The van der Waals surface area contributed by atoms with Crippen molar-refractivity contribution in [3.8, 4) is 0 Å². The number of H-pyrrole nitrogens is 1. The van der Waals surface area contributed by atoms with Gasteiger partial charge in [-0.25, -0.2) is 4.79 Å². The monoisotopic (exact) mass is 346 g/mol. The van der Waals surface area contributed by atoms with E-state index >= 15 is 0 Å². The molecule has 0 aromatic carbocycles. The summed E-state index contributed by atoms with van der Waals surface area (Å²) in [6.07, 6.45) is 0. The van der Waals surface area contributed by atoms with Crippen LogP contribution in [0.5, 0.6) is 0 Å². The number of carbonyl (C=O) groups is 1. The number of hydrogen-bond acceptors (Lipinski definition) is 4. The number of pyridine rings is 1. The number of amides is 1. The molecule has 118 valence electrons. The first kappa shape index (κ1) is 16.3. The van der Waals surface area contributed by atoms with Crippen LogP contribution in [-0.4, -0.2) is 24.9 Å². The lowest BCUT2D eigenvalue weighted by atomic mass is 10.3. The van der Waals surface area contributed by atoms with Crippen LogP contribution in [0, 0.1) is 0 Å². The van der Waals surface area contributed by atoms with Gasteiger partial charge in [0.1, 0.15) is 16.9 Å². The Morgan fingerprint density at radius 2 is 2.00 bits per heavy atom. The van der Waals surface area contributed by atoms with Crippen LogP contribution in [0.25, 0.3) is 11.0 Å². The summed E-state index contributed by atoms with van der Waals surface area (Å²) in [6, 6.07) is 1.03. The zero-order valence-corrected chi connectivity index (χ0v) is 13.2. The van der Waals surface area contributed by atoms with E-state index in [1.54, 1.807) is 6.92 Å². The lowest BCUT2D eigenvalue weighted by molar-refractivity contribution is -0.114. The van der Waals surface area contributed by atoms with E-state index in [1.807, 2.05) is 0 Å². The Kier molecular flexibility index (Phi) is 4.43. The molecule has 2 heterocycles. The SMILES string of the molecule is CCn1c(=O)c2c(=O)cc(NC(=O)C(Cl)Cl)[nH]c2n(C)c1=O. The standard InChI is InChI=1S/C12H12Cl2N4O4/c1-3-18-11(21)7-5(19)4-6(16-10(20)8(13)14)15-9(7)17(2)12(18)22/h4,8H,3H2,1-2H3,(H2,15,16,19,20). The van der Waals surface area contributed by atoms with E-state index in [4.69, 9.17) is 23.2 Å². The van der Waals surface area contributed by atoms with Crippen LogP contribution in [0.15, 0.2) is 20.4 Å². The van der Waals surface area contributed by atoms with Crippen LogP contribution in [-0.2, 0) is 18.4 Å². The molecule has 0 fully saturated rings. The molecule has 0 saturated heterocycles. The Morgan fingerprint density at radius 1 is 1.36 bits per heavy atom. The van der Waals surface area contributed by atoms with E-state index < -0.39 is 27.4 Å². The largest absolute Gasteiger partial charge is 0.332 e. The van der Waals surface area contributed by atoms with Gasteiger partial charge in [0, 0.05) is 19.7 Å². The number of carbonyl (C=O) groups excluding carboxylic acids is 1. The molecule has 0 saturated carbocycles. The van der Waals surface area contributed by atoms with Gasteiger partial charge in [0.05, 0.1) is 0 Å². The van der Waals surface area contributed by atoms with Gasteiger partial charge in [-0.3, -0.25) is 23.5 Å². The topological polar surface area (TPSA) is 106 Å². The number of nitrogens with zero attached hydrogens (tertiary/aromatic N) is 2. The maximum absolute atomic E-state index is 12.2. The third kappa shape index (κ3) is 2.67. The Morgan fingerprint density at radius 3 is 2.55 bits per heavy atom. The van der Waals surface area contributed by atoms with Crippen molar-refractivity contribution in [3.05, 3.63) is 37.1 Å². The third-order valence-electron chi connectivity index (χ3n) is 3.10. The summed E-state index contributed by atoms with van der Waals surface area (Å²) in [4.78, 5) is 49.2. The predicted molar refractivity (Wildman–Crippen MR) is 83.9 cm³/mol. The van der Waals surface area contributed by atoms with Gasteiger partial charge < -0.3 is 10.3 Å². The Bertz CT molecular complexity index is 926. The van der Waals surface area contributed by atoms with E-state index in [2.05, 4.69) is 10.3 Å². The summed E-state index contributed by atoms with van der Waals surface area (Å²) < 4.78 is 2.07. The fraction of sp³-hybridized carbons (Fsp3) is 0.333. The van der Waals surface area contributed by atoms with E-state index in [0.717, 1.165) is 15.2 Å². The molecule has 2 rings (SSSR count). The Hall–Kier alpha value is -2.06. The number of nitrogens with one attached hydrogen (secondary N) is 2. The number of halogens is 2. The van der Waals surface area contributed by atoms with Crippen molar-refractivity contribution >= 4 is 46.0 Å². The number of rotatable bonds is 3. The summed E-state index contributed by atoms with van der Waals surface area (Å²) in [5.74, 6) is -0.761. The molecule has 0 aliphatic carbocycles. The Labute approximate surface area is 133 Å². The van der Waals surface area contributed by atoms with Crippen molar-refractivity contribution in [2.45, 2.75) is 18.3 Å². The molecule has 0 aliphatic rings. The maximum atomic E-state index is 12.2. The molecular formula is C12H12Cl2N4O4. The molecule has 10 heteroatoms. The van der Waals surface area contributed by atoms with E-state index in [-0.39, 0.29) is 23.4 Å². The Balaban J connectivity index is 2.79. The van der Waals surface area contributed by atoms with Crippen LogP contribution in [0.3, 0.4) is 0 Å². The van der Waals surface area contributed by atoms with Crippen molar-refractivity contribution < 1.29 is 4.79 Å². The number of aryl methyl sites for hydroxylation is 1. The molecule has 2 aromatic rings. The summed E-state index contributed by atoms with van der Waals surface area (Å²) >= 11 is 10.8. The number of aromatic nitrogens is 3. The van der Waals surface area contributed by atoms with Crippen molar-refractivity contribution in [2.75, 3.05) is 5.32 Å². The number of anilines is 1. The van der Waals surface area contributed by atoms with E-state index in [9.17, 15) is 19.2 Å². The molecule has 0 spiro atoms. The molecule has 0 atom stereocenters. The highest BCUT2D eigenvalue weighted by atomic mass is 35.5. The summed E-state index contributed by atoms with van der Waals surface area (Å²) in [5.41, 5.74) is -1.89. The number of hydrogen-bond donors (Lipinski definition) is 2. The molecule has 22 heavy (non-hydrogen) atoms. The van der Waals surface area contributed by atoms with Gasteiger partial charge in [-0.2, -0.15) is 0 Å². The van der Waals surface area contributed by atoms with Gasteiger partial charge in [0.25, 0.3) is 11.5 Å². The minimum absolute atomic E-state index is 0.00296. The highest BCUT2D eigenvalue weighted by Gasteiger charge is 2.16. The van der Waals surface area contributed by atoms with Crippen LogP contribution < -0.4 is 22.0 Å². The van der Waals surface area contributed by atoms with Gasteiger partial charge in [-0.05, 0) is 6.92 Å². The first-order valence-electron chi connectivity index (χ1n) is 6.23. The number of alkyl halides is 2. The molecule has 0 unspecified atom stereocenters. The van der Waals surface area contributed by atoms with Gasteiger partial charge in [-0.15, -0.1) is 0 Å². The van der Waals surface area contributed by atoms with Gasteiger partial charge >= 0.3 is 5.69 Å². The zero-order valence-electron chi connectivity index (χ0n) is 11.6. The average Bonchev–Trinajstić information content (AvgIpc) is 2.44. The van der Waals surface area contributed by atoms with Gasteiger partial charge in [-0.1, -0.05) is 23.2 Å². The lowest BCUT2D eigenvalue weighted by Gasteiger charge is -2.11. The average molecular weight is 347 g/mol. The minimum Gasteiger partial charge on any atom is -0.327 e. The fourth-order valence-electron chi connectivity index (χ4n) is 2.04. The normalized spacial score (nSPS) is 11.1. The fourth-order valence-corrected chi connectivity index (χ4v) is 2.15. The summed E-state index contributed by atoms with van der Waals surface area (Å²) in [6.45, 7) is 1.76. The second-order valence-corrected chi connectivity index (χ2v) is 5.55. The first-order chi connectivity index (χ1) is 10.3. The van der Waals surface area contributed by atoms with Crippen molar-refractivity contribution in [3.63, 3.8) is 0 Å². The van der Waals surface area contributed by atoms with Crippen molar-refractivity contribution in [2.24, 2.45) is 7.05 Å². The van der Waals surface area contributed by atoms with Crippen LogP contribution >= 0.6 is 23.2 Å². The highest BCUT2D eigenvalue weighted by Crippen LogP contribution is 2.09. The highest BCUT2D eigenvalue weighted by molar-refractivity contribution is 6.54. The zero-order chi connectivity index (χ0) is 16.6. The molecular weight excluding hydrogens is 335 g/mol. The summed E-state index contributed by atoms with van der Waals surface area (Å²) in [5, 5.41) is 2.12. The van der Waals surface area contributed by atoms with Crippen LogP contribution in [0.4, 0.5) is 5.82 Å². The maximum Gasteiger partial charge on any atom is 0.332 e. The third-order valence-corrected chi connectivity index (χ3v) is 3.49. The molecule has 1 amide bonds. The lowest BCUT2D eigenvalue weighted by Crippen LogP contribution is -2.40. The van der Waals surface area contributed by atoms with E-state index in [1.165, 1.54) is 7.05 Å². The molecule has 0 radical (unpaired) electrons. The molecule has 0 aliphatic heterocycles. The van der Waals surface area contributed by atoms with Crippen LogP contribution in [0.1, 0.15) is 6.92 Å². The van der Waals surface area contributed by atoms with E-state index in [0.29, 0.717) is 0 Å². The molecule has 8 nitrogen and oxygen atoms in total. The number of aromatic amines is 1. The molecule has 0 bridgehead atoms. The van der Waals surface area contributed by atoms with Gasteiger partial charge in [0.15, 0.2) is 10.3 Å². The second kappa shape index (κ2) is 5.98. The smallest absolute Gasteiger partial charge is 0.327 e. The minimum atomic E-state index is -1.32. The second-order valence-electron chi connectivity index (χ2n) is 4.45. The quantitative estimate of drug-likeness (QED) is 0.771. The van der Waals surface area contributed by atoms with Gasteiger partial charge in [0.2, 0.25) is 0 Å². The molecule has 2 N–H and O–H groups in total. The summed E-state index contributed by atoms with van der Waals surface area (Å²) in [7, 11) is 1.41. The predicted octanol–water partition coefficient (Wildman–Crippen LogP) is 0.151. The molecule has 2 aromatic heterocycles. The van der Waals surface area contributed by atoms with Crippen LogP contribution in [0.2, 0.25) is 0 Å². The first-order valence-corrected chi connectivity index (χ1v) is 7.11.